The SMILES string of the molecule is COc1ccc(OC)c(C2CCc3nc(C(=O)NC(C)c4ccccc4)cn3C2)c1. The van der Waals surface area contributed by atoms with Crippen molar-refractivity contribution in [3.8, 4) is 11.5 Å². The highest BCUT2D eigenvalue weighted by atomic mass is 16.5. The van der Waals surface area contributed by atoms with Gasteiger partial charge in [0.25, 0.3) is 5.91 Å². The van der Waals surface area contributed by atoms with Crippen molar-refractivity contribution in [1.82, 2.24) is 14.9 Å². The third-order valence-corrected chi connectivity index (χ3v) is 5.75. The van der Waals surface area contributed by atoms with E-state index in [1.54, 1.807) is 14.2 Å². The summed E-state index contributed by atoms with van der Waals surface area (Å²) < 4.78 is 13.1. The van der Waals surface area contributed by atoms with Gasteiger partial charge in [-0.25, -0.2) is 4.98 Å². The van der Waals surface area contributed by atoms with E-state index >= 15 is 0 Å². The van der Waals surface area contributed by atoms with Crippen molar-refractivity contribution in [2.75, 3.05) is 14.2 Å². The molecule has 4 rings (SSSR count). The maximum Gasteiger partial charge on any atom is 0.271 e. The van der Waals surface area contributed by atoms with Crippen molar-refractivity contribution < 1.29 is 14.3 Å². The van der Waals surface area contributed by atoms with Crippen molar-refractivity contribution in [1.29, 1.82) is 0 Å². The number of carbonyl (C=O) groups is 1. The van der Waals surface area contributed by atoms with E-state index in [0.29, 0.717) is 5.69 Å². The number of carbonyl (C=O) groups excluding carboxylic acids is 1. The Morgan fingerprint density at radius 1 is 1.17 bits per heavy atom. The summed E-state index contributed by atoms with van der Waals surface area (Å²) in [6.45, 7) is 2.74. The van der Waals surface area contributed by atoms with Crippen molar-refractivity contribution in [3.05, 3.63) is 77.4 Å². The Kier molecular flexibility index (Phi) is 5.74. The minimum absolute atomic E-state index is 0.0776. The lowest BCUT2D eigenvalue weighted by molar-refractivity contribution is 0.0935. The molecule has 2 heterocycles. The van der Waals surface area contributed by atoms with Gasteiger partial charge < -0.3 is 19.4 Å². The minimum Gasteiger partial charge on any atom is -0.497 e. The number of ether oxygens (including phenoxy) is 2. The normalized spacial score (nSPS) is 16.4. The van der Waals surface area contributed by atoms with Gasteiger partial charge >= 0.3 is 0 Å². The fraction of sp³-hybridized carbons (Fsp3) is 0.333. The summed E-state index contributed by atoms with van der Waals surface area (Å²) in [6, 6.07) is 15.7. The second kappa shape index (κ2) is 8.61. The third-order valence-electron chi connectivity index (χ3n) is 5.75. The Hall–Kier alpha value is -3.28. The van der Waals surface area contributed by atoms with E-state index in [1.807, 2.05) is 61.7 Å². The number of benzene rings is 2. The first kappa shape index (κ1) is 20.0. The van der Waals surface area contributed by atoms with Gasteiger partial charge in [0, 0.05) is 30.6 Å². The largest absolute Gasteiger partial charge is 0.497 e. The van der Waals surface area contributed by atoms with Gasteiger partial charge in [-0.05, 0) is 37.1 Å². The molecule has 0 saturated carbocycles. The molecule has 1 aliphatic rings. The molecule has 0 spiro atoms. The first-order chi connectivity index (χ1) is 14.6. The van der Waals surface area contributed by atoms with Crippen LogP contribution in [0.1, 0.15) is 52.7 Å². The van der Waals surface area contributed by atoms with Crippen molar-refractivity contribution in [2.24, 2.45) is 0 Å². The zero-order valence-corrected chi connectivity index (χ0v) is 17.6. The molecule has 0 saturated heterocycles. The summed E-state index contributed by atoms with van der Waals surface area (Å²) in [6.07, 6.45) is 3.62. The Morgan fingerprint density at radius 2 is 1.97 bits per heavy atom. The molecule has 1 aliphatic heterocycles. The van der Waals surface area contributed by atoms with Crippen LogP contribution in [0.25, 0.3) is 0 Å². The number of nitrogens with one attached hydrogen (secondary N) is 1. The predicted molar refractivity (Wildman–Crippen MR) is 115 cm³/mol. The van der Waals surface area contributed by atoms with Gasteiger partial charge in [0.05, 0.1) is 20.3 Å². The second-order valence-corrected chi connectivity index (χ2v) is 7.64. The summed E-state index contributed by atoms with van der Waals surface area (Å²) in [5.74, 6) is 2.75. The average Bonchev–Trinajstić information content (AvgIpc) is 3.22. The number of nitrogens with zero attached hydrogens (tertiary/aromatic N) is 2. The summed E-state index contributed by atoms with van der Waals surface area (Å²) in [5.41, 5.74) is 2.66. The number of imidazole rings is 1. The molecular formula is C24H27N3O3. The Labute approximate surface area is 176 Å². The van der Waals surface area contributed by atoms with Crippen LogP contribution >= 0.6 is 0 Å². The van der Waals surface area contributed by atoms with E-state index in [-0.39, 0.29) is 17.9 Å². The van der Waals surface area contributed by atoms with Crippen LogP contribution in [0.4, 0.5) is 0 Å². The van der Waals surface area contributed by atoms with Crippen LogP contribution in [0, 0.1) is 0 Å². The molecule has 0 fully saturated rings. The van der Waals surface area contributed by atoms with Gasteiger partial charge in [0.1, 0.15) is 23.0 Å². The first-order valence-corrected chi connectivity index (χ1v) is 10.2. The Bertz CT molecular complexity index is 1030. The second-order valence-electron chi connectivity index (χ2n) is 7.64. The molecular weight excluding hydrogens is 378 g/mol. The van der Waals surface area contributed by atoms with Gasteiger partial charge in [0.2, 0.25) is 0 Å². The summed E-state index contributed by atoms with van der Waals surface area (Å²) in [4.78, 5) is 17.4. The number of fused-ring (bicyclic) bond motifs is 1. The lowest BCUT2D eigenvalue weighted by Crippen LogP contribution is -2.26. The predicted octanol–water partition coefficient (Wildman–Crippen LogP) is 4.12. The molecule has 1 aromatic heterocycles. The van der Waals surface area contributed by atoms with Crippen LogP contribution in [0.5, 0.6) is 11.5 Å². The van der Waals surface area contributed by atoms with Crippen LogP contribution in [-0.2, 0) is 13.0 Å². The molecule has 3 aromatic rings. The van der Waals surface area contributed by atoms with Crippen molar-refractivity contribution >= 4 is 5.91 Å². The molecule has 0 radical (unpaired) electrons. The minimum atomic E-state index is -0.149. The molecule has 30 heavy (non-hydrogen) atoms. The molecule has 156 valence electrons. The first-order valence-electron chi connectivity index (χ1n) is 10.2. The molecule has 0 aliphatic carbocycles. The quantitative estimate of drug-likeness (QED) is 0.670. The lowest BCUT2D eigenvalue weighted by atomic mass is 9.90. The third kappa shape index (κ3) is 4.03. The number of amides is 1. The van der Waals surface area contributed by atoms with Crippen LogP contribution in [0.3, 0.4) is 0 Å². The van der Waals surface area contributed by atoms with E-state index in [2.05, 4.69) is 14.9 Å². The van der Waals surface area contributed by atoms with Crippen molar-refractivity contribution in [2.45, 2.75) is 38.3 Å². The van der Waals surface area contributed by atoms with Crippen LogP contribution in [-0.4, -0.2) is 29.7 Å². The van der Waals surface area contributed by atoms with Crippen LogP contribution < -0.4 is 14.8 Å². The van der Waals surface area contributed by atoms with Gasteiger partial charge in [-0.3, -0.25) is 4.79 Å². The molecule has 2 aromatic carbocycles. The maximum absolute atomic E-state index is 12.8. The smallest absolute Gasteiger partial charge is 0.271 e. The molecule has 6 heteroatoms. The fourth-order valence-corrected chi connectivity index (χ4v) is 4.06. The Morgan fingerprint density at radius 3 is 2.70 bits per heavy atom. The van der Waals surface area contributed by atoms with Gasteiger partial charge in [-0.15, -0.1) is 0 Å². The molecule has 0 bridgehead atoms. The molecule has 1 amide bonds. The highest BCUT2D eigenvalue weighted by Gasteiger charge is 2.26. The zero-order chi connectivity index (χ0) is 21.1. The number of aryl methyl sites for hydroxylation is 1. The maximum atomic E-state index is 12.8. The van der Waals surface area contributed by atoms with E-state index in [0.717, 1.165) is 47.8 Å². The molecule has 2 atom stereocenters. The van der Waals surface area contributed by atoms with Crippen LogP contribution in [0.2, 0.25) is 0 Å². The highest BCUT2D eigenvalue weighted by Crippen LogP contribution is 2.36. The molecule has 2 unspecified atom stereocenters. The number of hydrogen-bond donors (Lipinski definition) is 1. The average molecular weight is 405 g/mol. The summed E-state index contributed by atoms with van der Waals surface area (Å²) in [7, 11) is 3.36. The number of methoxy groups -OCH3 is 2. The molecule has 1 N–H and O–H groups in total. The van der Waals surface area contributed by atoms with E-state index in [1.165, 1.54) is 0 Å². The van der Waals surface area contributed by atoms with Crippen LogP contribution in [0.15, 0.2) is 54.7 Å². The van der Waals surface area contributed by atoms with E-state index < -0.39 is 0 Å². The fourth-order valence-electron chi connectivity index (χ4n) is 4.06. The summed E-state index contributed by atoms with van der Waals surface area (Å²) in [5, 5.41) is 3.05. The van der Waals surface area contributed by atoms with E-state index in [4.69, 9.17) is 9.47 Å². The topological polar surface area (TPSA) is 65.4 Å². The van der Waals surface area contributed by atoms with Gasteiger partial charge in [-0.2, -0.15) is 0 Å². The lowest BCUT2D eigenvalue weighted by Gasteiger charge is -2.25. The summed E-state index contributed by atoms with van der Waals surface area (Å²) >= 11 is 0. The zero-order valence-electron chi connectivity index (χ0n) is 17.6. The number of hydrogen-bond acceptors (Lipinski definition) is 4. The number of aromatic nitrogens is 2. The molecule has 6 nitrogen and oxygen atoms in total. The van der Waals surface area contributed by atoms with E-state index in [9.17, 15) is 4.79 Å². The highest BCUT2D eigenvalue weighted by molar-refractivity contribution is 5.92. The Balaban J connectivity index is 1.50. The van der Waals surface area contributed by atoms with Gasteiger partial charge in [0.15, 0.2) is 0 Å². The standard InChI is InChI=1S/C24H27N3O3/c1-16(17-7-5-4-6-8-17)25-24(28)21-15-27-14-18(9-12-23(27)26-21)20-13-19(29-2)10-11-22(20)30-3/h4-8,10-11,13,15-16,18H,9,12,14H2,1-3H3,(H,25,28). The monoisotopic (exact) mass is 405 g/mol. The van der Waals surface area contributed by atoms with Gasteiger partial charge in [-0.1, -0.05) is 30.3 Å². The van der Waals surface area contributed by atoms with Crippen molar-refractivity contribution in [3.63, 3.8) is 0 Å². The number of rotatable bonds is 6.